The average Bonchev–Trinajstić information content (AvgIpc) is 2.99. The number of primary sulfonamides is 1. The molecule has 0 amide bonds. The van der Waals surface area contributed by atoms with Crippen LogP contribution < -0.4 is 5.14 Å². The van der Waals surface area contributed by atoms with Gasteiger partial charge >= 0.3 is 0 Å². The van der Waals surface area contributed by atoms with Crippen molar-refractivity contribution in [2.75, 3.05) is 5.75 Å². The molecule has 3 rings (SSSR count). The first-order chi connectivity index (χ1) is 11.9. The Balaban J connectivity index is 2.12. The highest BCUT2D eigenvalue weighted by Gasteiger charge is 2.16. The molecular weight excluding hydrogens is 363 g/mol. The Morgan fingerprint density at radius 3 is 2.28 bits per heavy atom. The van der Waals surface area contributed by atoms with E-state index in [4.69, 9.17) is 5.14 Å². The van der Waals surface area contributed by atoms with Crippen LogP contribution in [-0.2, 0) is 10.0 Å². The van der Waals surface area contributed by atoms with Crippen LogP contribution in [0, 0.1) is 5.82 Å². The lowest BCUT2D eigenvalue weighted by molar-refractivity contribution is 0.598. The minimum Gasteiger partial charge on any atom is -0.270 e. The molecule has 0 atom stereocenters. The molecular formula is C16H15FN4O2S2. The van der Waals surface area contributed by atoms with Crippen LogP contribution in [0.25, 0.3) is 17.1 Å². The molecule has 9 heteroatoms. The number of hydrogen-bond acceptors (Lipinski definition) is 5. The third-order valence-corrected chi connectivity index (χ3v) is 5.17. The maximum Gasteiger partial charge on any atom is 0.238 e. The van der Waals surface area contributed by atoms with Crippen molar-refractivity contribution in [2.45, 2.75) is 17.0 Å². The normalized spacial score (nSPS) is 11.6. The smallest absolute Gasteiger partial charge is 0.238 e. The second kappa shape index (κ2) is 6.95. The molecule has 0 bridgehead atoms. The number of nitrogens with two attached hydrogens (primary N) is 1. The van der Waals surface area contributed by atoms with Gasteiger partial charge in [-0.25, -0.2) is 17.9 Å². The molecule has 0 saturated carbocycles. The number of rotatable bonds is 5. The number of halogens is 1. The summed E-state index contributed by atoms with van der Waals surface area (Å²) in [5, 5.41) is 14.2. The lowest BCUT2D eigenvalue weighted by atomic mass is 10.2. The highest BCUT2D eigenvalue weighted by molar-refractivity contribution is 7.99. The van der Waals surface area contributed by atoms with Gasteiger partial charge in [0.15, 0.2) is 11.0 Å². The van der Waals surface area contributed by atoms with Gasteiger partial charge in [-0.1, -0.05) is 18.7 Å². The molecule has 0 aliphatic carbocycles. The maximum absolute atomic E-state index is 13.2. The Kier molecular flexibility index (Phi) is 4.89. The van der Waals surface area contributed by atoms with Crippen molar-refractivity contribution in [3.8, 4) is 17.1 Å². The monoisotopic (exact) mass is 378 g/mol. The Bertz CT molecular complexity index is 984. The van der Waals surface area contributed by atoms with Gasteiger partial charge in [0.1, 0.15) is 5.82 Å². The zero-order chi connectivity index (χ0) is 18.0. The van der Waals surface area contributed by atoms with Crippen molar-refractivity contribution in [1.29, 1.82) is 0 Å². The first kappa shape index (κ1) is 17.6. The summed E-state index contributed by atoms with van der Waals surface area (Å²) in [5.74, 6) is 0.994. The Hall–Kier alpha value is -2.23. The summed E-state index contributed by atoms with van der Waals surface area (Å²) in [7, 11) is -3.76. The minimum absolute atomic E-state index is 0.0206. The van der Waals surface area contributed by atoms with E-state index in [2.05, 4.69) is 10.2 Å². The van der Waals surface area contributed by atoms with E-state index in [0.29, 0.717) is 22.2 Å². The van der Waals surface area contributed by atoms with Crippen molar-refractivity contribution in [3.05, 3.63) is 54.3 Å². The largest absolute Gasteiger partial charge is 0.270 e. The lowest BCUT2D eigenvalue weighted by Crippen LogP contribution is -2.11. The molecule has 0 fully saturated rings. The molecule has 25 heavy (non-hydrogen) atoms. The van der Waals surface area contributed by atoms with Crippen molar-refractivity contribution in [2.24, 2.45) is 5.14 Å². The van der Waals surface area contributed by atoms with Crippen LogP contribution in [0.3, 0.4) is 0 Å². The van der Waals surface area contributed by atoms with Gasteiger partial charge in [0, 0.05) is 11.3 Å². The zero-order valence-corrected chi connectivity index (χ0v) is 14.9. The third-order valence-electron chi connectivity index (χ3n) is 3.43. The van der Waals surface area contributed by atoms with Gasteiger partial charge in [0.2, 0.25) is 10.0 Å². The van der Waals surface area contributed by atoms with E-state index in [1.54, 1.807) is 28.8 Å². The van der Waals surface area contributed by atoms with Crippen LogP contribution in [0.5, 0.6) is 0 Å². The Morgan fingerprint density at radius 1 is 1.08 bits per heavy atom. The van der Waals surface area contributed by atoms with E-state index >= 15 is 0 Å². The van der Waals surface area contributed by atoms with Crippen molar-refractivity contribution < 1.29 is 12.8 Å². The number of thioether (sulfide) groups is 1. The van der Waals surface area contributed by atoms with Crippen LogP contribution in [0.15, 0.2) is 58.6 Å². The van der Waals surface area contributed by atoms with Crippen molar-refractivity contribution in [1.82, 2.24) is 14.8 Å². The molecule has 0 saturated heterocycles. The van der Waals surface area contributed by atoms with Gasteiger partial charge in [-0.05, 0) is 54.3 Å². The number of sulfonamides is 1. The molecule has 2 aromatic carbocycles. The van der Waals surface area contributed by atoms with Crippen molar-refractivity contribution in [3.63, 3.8) is 0 Å². The standard InChI is InChI=1S/C16H15FN4O2S2/c1-2-24-16-20-19-15(21(16)13-7-5-12(17)6-8-13)11-3-9-14(10-4-11)25(18,22)23/h3-10H,2H2,1H3,(H2,18,22,23). The van der Waals surface area contributed by atoms with Gasteiger partial charge in [0.25, 0.3) is 0 Å². The fourth-order valence-corrected chi connectivity index (χ4v) is 3.49. The van der Waals surface area contributed by atoms with Crippen LogP contribution in [0.2, 0.25) is 0 Å². The fourth-order valence-electron chi connectivity index (χ4n) is 2.30. The number of hydrogen-bond donors (Lipinski definition) is 1. The van der Waals surface area contributed by atoms with Crippen LogP contribution in [0.4, 0.5) is 4.39 Å². The Morgan fingerprint density at radius 2 is 1.72 bits per heavy atom. The molecule has 0 radical (unpaired) electrons. The summed E-state index contributed by atoms with van der Waals surface area (Å²) in [6, 6.07) is 12.1. The molecule has 1 heterocycles. The lowest BCUT2D eigenvalue weighted by Gasteiger charge is -2.10. The van der Waals surface area contributed by atoms with Gasteiger partial charge in [-0.15, -0.1) is 10.2 Å². The van der Waals surface area contributed by atoms with Crippen LogP contribution >= 0.6 is 11.8 Å². The fraction of sp³-hybridized carbons (Fsp3) is 0.125. The minimum atomic E-state index is -3.76. The summed E-state index contributed by atoms with van der Waals surface area (Å²) >= 11 is 1.50. The zero-order valence-electron chi connectivity index (χ0n) is 13.3. The highest BCUT2D eigenvalue weighted by Crippen LogP contribution is 2.28. The average molecular weight is 378 g/mol. The quantitative estimate of drug-likeness (QED) is 0.690. The Labute approximate surface area is 148 Å². The number of nitrogens with zero attached hydrogens (tertiary/aromatic N) is 3. The molecule has 3 aromatic rings. The SMILES string of the molecule is CCSc1nnc(-c2ccc(S(N)(=O)=O)cc2)n1-c1ccc(F)cc1. The van der Waals surface area contributed by atoms with E-state index in [-0.39, 0.29) is 10.7 Å². The first-order valence-corrected chi connectivity index (χ1v) is 9.90. The van der Waals surface area contributed by atoms with Crippen molar-refractivity contribution >= 4 is 21.8 Å². The highest BCUT2D eigenvalue weighted by atomic mass is 32.2. The van der Waals surface area contributed by atoms with E-state index in [1.165, 1.54) is 36.0 Å². The van der Waals surface area contributed by atoms with E-state index in [0.717, 1.165) is 5.75 Å². The van der Waals surface area contributed by atoms with E-state index in [9.17, 15) is 12.8 Å². The summed E-state index contributed by atoms with van der Waals surface area (Å²) in [5.41, 5.74) is 1.39. The summed E-state index contributed by atoms with van der Waals surface area (Å²) in [6.07, 6.45) is 0. The predicted octanol–water partition coefficient (Wildman–Crippen LogP) is 2.83. The van der Waals surface area contributed by atoms with Gasteiger partial charge in [0.05, 0.1) is 4.90 Å². The second-order valence-corrected chi connectivity index (χ2v) is 7.91. The molecule has 6 nitrogen and oxygen atoms in total. The predicted molar refractivity (Wildman–Crippen MR) is 94.5 cm³/mol. The topological polar surface area (TPSA) is 90.9 Å². The molecule has 2 N–H and O–H groups in total. The van der Waals surface area contributed by atoms with Gasteiger partial charge < -0.3 is 0 Å². The first-order valence-electron chi connectivity index (χ1n) is 7.37. The summed E-state index contributed by atoms with van der Waals surface area (Å²) < 4.78 is 37.8. The van der Waals surface area contributed by atoms with Gasteiger partial charge in [-0.3, -0.25) is 4.57 Å². The van der Waals surface area contributed by atoms with Gasteiger partial charge in [-0.2, -0.15) is 0 Å². The van der Waals surface area contributed by atoms with E-state index in [1.807, 2.05) is 6.92 Å². The third kappa shape index (κ3) is 3.73. The summed E-state index contributed by atoms with van der Waals surface area (Å²) in [6.45, 7) is 1.99. The second-order valence-electron chi connectivity index (χ2n) is 5.12. The van der Waals surface area contributed by atoms with Crippen LogP contribution in [-0.4, -0.2) is 28.9 Å². The molecule has 0 spiro atoms. The maximum atomic E-state index is 13.2. The number of benzene rings is 2. The molecule has 0 unspecified atom stereocenters. The number of aromatic nitrogens is 3. The molecule has 130 valence electrons. The molecule has 0 aliphatic rings. The summed E-state index contributed by atoms with van der Waals surface area (Å²) in [4.78, 5) is 0.0206. The van der Waals surface area contributed by atoms with Crippen LogP contribution in [0.1, 0.15) is 6.92 Å². The molecule has 0 aliphatic heterocycles. The molecule has 1 aromatic heterocycles. The van der Waals surface area contributed by atoms with E-state index < -0.39 is 10.0 Å².